The number of halogens is 1. The largest absolute Gasteiger partial charge is 0.478 e. The molecule has 0 bridgehead atoms. The number of hydrogen-bond acceptors (Lipinski definition) is 4. The fourth-order valence-electron chi connectivity index (χ4n) is 2.54. The zero-order valence-corrected chi connectivity index (χ0v) is 13.2. The quantitative estimate of drug-likeness (QED) is 0.833. The molecule has 1 heterocycles. The first kappa shape index (κ1) is 16.0. The van der Waals surface area contributed by atoms with E-state index < -0.39 is 12.0 Å². The van der Waals surface area contributed by atoms with Gasteiger partial charge in [-0.15, -0.1) is 0 Å². The molecule has 1 fully saturated rings. The number of nitrogens with zero attached hydrogens (tertiary/aromatic N) is 1. The third-order valence-corrected chi connectivity index (χ3v) is 3.92. The van der Waals surface area contributed by atoms with Crippen LogP contribution in [0, 0.1) is 0 Å². The Balaban J connectivity index is 1.77. The van der Waals surface area contributed by atoms with Crippen molar-refractivity contribution in [1.29, 1.82) is 0 Å². The molecule has 0 radical (unpaired) electrons. The molecule has 0 aromatic heterocycles. The number of hydrogen-bond donors (Lipinski definition) is 2. The maximum atomic E-state index is 12.5. The predicted octanol–water partition coefficient (Wildman–Crippen LogP) is 2.78. The minimum absolute atomic E-state index is 0.0199. The van der Waals surface area contributed by atoms with E-state index in [1.165, 1.54) is 12.1 Å². The van der Waals surface area contributed by atoms with Gasteiger partial charge in [0.05, 0.1) is 17.7 Å². The second-order valence-electron chi connectivity index (χ2n) is 5.33. The van der Waals surface area contributed by atoms with Gasteiger partial charge in [-0.3, -0.25) is 9.59 Å². The Labute approximate surface area is 142 Å². The van der Waals surface area contributed by atoms with Gasteiger partial charge in [-0.05, 0) is 42.5 Å². The van der Waals surface area contributed by atoms with E-state index >= 15 is 0 Å². The van der Waals surface area contributed by atoms with E-state index in [1.807, 2.05) is 0 Å². The lowest BCUT2D eigenvalue weighted by Gasteiger charge is -2.16. The molecule has 7 heteroatoms. The smallest absolute Gasteiger partial charge is 0.335 e. The maximum Gasteiger partial charge on any atom is 0.335 e. The summed E-state index contributed by atoms with van der Waals surface area (Å²) >= 11 is 5.91. The van der Waals surface area contributed by atoms with Crippen molar-refractivity contribution in [2.45, 2.75) is 12.5 Å². The summed E-state index contributed by atoms with van der Waals surface area (Å²) in [6, 6.07) is 11.8. The number of imide groups is 1. The standard InChI is InChI=1S/C17H13ClN2O4/c18-11-2-1-3-13(8-11)20-15(21)9-14(16(20)22)19-12-6-4-10(5-7-12)17(23)24/h1-8,14,19H,9H2,(H,23,24). The van der Waals surface area contributed by atoms with E-state index in [0.717, 1.165) is 4.90 Å². The first-order chi connectivity index (χ1) is 11.5. The molecular formula is C17H13ClN2O4. The van der Waals surface area contributed by atoms with Gasteiger partial charge in [-0.2, -0.15) is 0 Å². The number of amides is 2. The van der Waals surface area contributed by atoms with E-state index in [0.29, 0.717) is 16.4 Å². The van der Waals surface area contributed by atoms with Crippen LogP contribution in [0.3, 0.4) is 0 Å². The van der Waals surface area contributed by atoms with Gasteiger partial charge >= 0.3 is 5.97 Å². The Bertz CT molecular complexity index is 820. The Kier molecular flexibility index (Phi) is 4.22. The van der Waals surface area contributed by atoms with Gasteiger partial charge in [0, 0.05) is 10.7 Å². The van der Waals surface area contributed by atoms with Gasteiger partial charge in [-0.25, -0.2) is 9.69 Å². The van der Waals surface area contributed by atoms with Crippen LogP contribution < -0.4 is 10.2 Å². The fourth-order valence-corrected chi connectivity index (χ4v) is 2.73. The molecule has 1 aliphatic heterocycles. The molecule has 2 aromatic carbocycles. The van der Waals surface area contributed by atoms with Gasteiger partial charge in [0.1, 0.15) is 6.04 Å². The summed E-state index contributed by atoms with van der Waals surface area (Å²) in [5, 5.41) is 12.3. The van der Waals surface area contributed by atoms with Crippen LogP contribution in [0.4, 0.5) is 11.4 Å². The summed E-state index contributed by atoms with van der Waals surface area (Å²) in [5.74, 6) is -1.72. The molecule has 1 unspecified atom stereocenters. The highest BCUT2D eigenvalue weighted by Crippen LogP contribution is 2.27. The predicted molar refractivity (Wildman–Crippen MR) is 89.4 cm³/mol. The molecule has 1 atom stereocenters. The summed E-state index contributed by atoms with van der Waals surface area (Å²) in [6.45, 7) is 0. The Morgan fingerprint density at radius 3 is 2.50 bits per heavy atom. The van der Waals surface area contributed by atoms with Crippen LogP contribution in [0.5, 0.6) is 0 Å². The molecule has 2 amide bonds. The molecule has 0 spiro atoms. The summed E-state index contributed by atoms with van der Waals surface area (Å²) in [4.78, 5) is 36.6. The lowest BCUT2D eigenvalue weighted by Crippen LogP contribution is -2.34. The van der Waals surface area contributed by atoms with Crippen molar-refractivity contribution in [3.63, 3.8) is 0 Å². The van der Waals surface area contributed by atoms with E-state index in [2.05, 4.69) is 5.32 Å². The van der Waals surface area contributed by atoms with Gasteiger partial charge in [0.15, 0.2) is 0 Å². The highest BCUT2D eigenvalue weighted by molar-refractivity contribution is 6.31. The fraction of sp³-hybridized carbons (Fsp3) is 0.118. The minimum atomic E-state index is -1.03. The Morgan fingerprint density at radius 2 is 1.88 bits per heavy atom. The number of anilines is 2. The van der Waals surface area contributed by atoms with Crippen LogP contribution in [-0.4, -0.2) is 28.9 Å². The Morgan fingerprint density at radius 1 is 1.17 bits per heavy atom. The van der Waals surface area contributed by atoms with Crippen LogP contribution in [-0.2, 0) is 9.59 Å². The van der Waals surface area contributed by atoms with Crippen LogP contribution in [0.1, 0.15) is 16.8 Å². The van der Waals surface area contributed by atoms with E-state index in [1.54, 1.807) is 36.4 Å². The molecule has 24 heavy (non-hydrogen) atoms. The molecule has 1 aliphatic rings. The van der Waals surface area contributed by atoms with Crippen molar-refractivity contribution >= 4 is 40.8 Å². The number of nitrogens with one attached hydrogen (secondary N) is 1. The minimum Gasteiger partial charge on any atom is -0.478 e. The Hall–Kier alpha value is -2.86. The van der Waals surface area contributed by atoms with Crippen LogP contribution in [0.2, 0.25) is 5.02 Å². The number of carboxylic acids is 1. The average Bonchev–Trinajstić information content (AvgIpc) is 2.82. The second-order valence-corrected chi connectivity index (χ2v) is 5.77. The molecule has 0 saturated carbocycles. The van der Waals surface area contributed by atoms with E-state index in [4.69, 9.17) is 16.7 Å². The van der Waals surface area contributed by atoms with Crippen molar-refractivity contribution in [1.82, 2.24) is 0 Å². The summed E-state index contributed by atoms with van der Waals surface area (Å²) in [7, 11) is 0. The van der Waals surface area contributed by atoms with Gasteiger partial charge in [0.25, 0.3) is 5.91 Å². The van der Waals surface area contributed by atoms with Crippen LogP contribution in [0.15, 0.2) is 48.5 Å². The SMILES string of the molecule is O=C(O)c1ccc(NC2CC(=O)N(c3cccc(Cl)c3)C2=O)cc1. The third-order valence-electron chi connectivity index (χ3n) is 3.69. The zero-order valence-electron chi connectivity index (χ0n) is 12.4. The molecular weight excluding hydrogens is 332 g/mol. The summed E-state index contributed by atoms with van der Waals surface area (Å²) in [6.07, 6.45) is 0.0199. The normalized spacial score (nSPS) is 17.2. The highest BCUT2D eigenvalue weighted by Gasteiger charge is 2.39. The first-order valence-electron chi connectivity index (χ1n) is 7.18. The molecule has 122 valence electrons. The molecule has 0 aliphatic carbocycles. The average molecular weight is 345 g/mol. The number of carbonyl (C=O) groups excluding carboxylic acids is 2. The number of benzene rings is 2. The lowest BCUT2D eigenvalue weighted by molar-refractivity contribution is -0.121. The number of carbonyl (C=O) groups is 3. The molecule has 2 N–H and O–H groups in total. The van der Waals surface area contributed by atoms with Gasteiger partial charge in [-0.1, -0.05) is 17.7 Å². The number of carboxylic acid groups (broad SMARTS) is 1. The molecule has 1 saturated heterocycles. The summed E-state index contributed by atoms with van der Waals surface area (Å²) < 4.78 is 0. The van der Waals surface area contributed by atoms with Crippen molar-refractivity contribution in [2.75, 3.05) is 10.2 Å². The van der Waals surface area contributed by atoms with Crippen molar-refractivity contribution in [3.8, 4) is 0 Å². The van der Waals surface area contributed by atoms with Crippen molar-refractivity contribution in [2.24, 2.45) is 0 Å². The first-order valence-corrected chi connectivity index (χ1v) is 7.56. The molecule has 3 rings (SSSR count). The van der Waals surface area contributed by atoms with E-state index in [9.17, 15) is 14.4 Å². The molecule has 2 aromatic rings. The van der Waals surface area contributed by atoms with Crippen molar-refractivity contribution < 1.29 is 19.5 Å². The number of aromatic carboxylic acids is 1. The topological polar surface area (TPSA) is 86.7 Å². The third kappa shape index (κ3) is 3.09. The van der Waals surface area contributed by atoms with E-state index in [-0.39, 0.29) is 23.8 Å². The van der Waals surface area contributed by atoms with Gasteiger partial charge in [0.2, 0.25) is 5.91 Å². The van der Waals surface area contributed by atoms with Crippen LogP contribution >= 0.6 is 11.6 Å². The zero-order chi connectivity index (χ0) is 17.3. The second kappa shape index (κ2) is 6.33. The van der Waals surface area contributed by atoms with Gasteiger partial charge < -0.3 is 10.4 Å². The number of rotatable bonds is 4. The summed E-state index contributed by atoms with van der Waals surface area (Å²) in [5.41, 5.74) is 1.15. The highest BCUT2D eigenvalue weighted by atomic mass is 35.5. The monoisotopic (exact) mass is 344 g/mol. The lowest BCUT2D eigenvalue weighted by atomic mass is 10.2. The van der Waals surface area contributed by atoms with Crippen LogP contribution in [0.25, 0.3) is 0 Å². The maximum absolute atomic E-state index is 12.5. The van der Waals surface area contributed by atoms with Crippen molar-refractivity contribution in [3.05, 3.63) is 59.1 Å². The molecule has 6 nitrogen and oxygen atoms in total.